The normalized spacial score (nSPS) is 15.6. The summed E-state index contributed by atoms with van der Waals surface area (Å²) in [5, 5.41) is 22.7. The van der Waals surface area contributed by atoms with Gasteiger partial charge in [-0.3, -0.25) is 19.5 Å². The smallest absolute Gasteiger partial charge is 0.407 e. The van der Waals surface area contributed by atoms with E-state index in [0.717, 1.165) is 22.4 Å². The van der Waals surface area contributed by atoms with Crippen molar-refractivity contribution in [2.45, 2.75) is 12.1 Å². The number of aromatic nitrogens is 2. The third-order valence-corrected chi connectivity index (χ3v) is 7.91. The molecule has 16 heteroatoms. The summed E-state index contributed by atoms with van der Waals surface area (Å²) in [6.07, 6.45) is 0.396. The van der Waals surface area contributed by atoms with Gasteiger partial charge in [0.1, 0.15) is 17.9 Å². The summed E-state index contributed by atoms with van der Waals surface area (Å²) < 4.78 is 50.2. The lowest BCUT2D eigenvalue weighted by molar-refractivity contribution is 0.0179. The van der Waals surface area contributed by atoms with E-state index in [1.807, 2.05) is 0 Å². The van der Waals surface area contributed by atoms with Gasteiger partial charge < -0.3 is 39.6 Å². The number of fused-ring (bicyclic) bond motifs is 1. The predicted molar refractivity (Wildman–Crippen MR) is 173 cm³/mol. The number of rotatable bonds is 16. The molecule has 0 bridgehead atoms. The van der Waals surface area contributed by atoms with Crippen LogP contribution in [-0.2, 0) is 14.2 Å². The van der Waals surface area contributed by atoms with Gasteiger partial charge in [-0.25, -0.2) is 13.6 Å². The van der Waals surface area contributed by atoms with E-state index in [2.05, 4.69) is 20.8 Å². The van der Waals surface area contributed by atoms with Crippen LogP contribution in [0.25, 0.3) is 10.9 Å². The molecule has 1 aromatic heterocycles. The molecule has 0 aliphatic carbocycles. The molecule has 5 rings (SSSR count). The molecule has 1 fully saturated rings. The number of benzene rings is 3. The minimum Gasteiger partial charge on any atom is -0.490 e. The standard InChI is InChI=1S/C34H35F2N5O9/c1-47-10-11-48-12-13-49-14-15-50-28-9-8-24(35)30(36)29(28)31(42)20-2-4-21(5-3-20)32(43)38-26-18-41(34(45)46)19-27(26)39-33(44)22-6-7-23-17-37-40-25(23)16-22/h2-9,16-17,26-27H,10-15,18-19H2,1H3,(H,37,40)(H,38,43)(H,39,44)(H,45,46)/t26-,27-/m1/s1. The first-order valence-electron chi connectivity index (χ1n) is 15.6. The number of carbonyl (C=O) groups is 4. The number of hydrogen-bond donors (Lipinski definition) is 4. The highest BCUT2D eigenvalue weighted by molar-refractivity contribution is 6.11. The number of ether oxygens (including phenoxy) is 4. The Kier molecular flexibility index (Phi) is 12.0. The van der Waals surface area contributed by atoms with Crippen LogP contribution in [0.15, 0.2) is 60.8 Å². The van der Waals surface area contributed by atoms with E-state index in [0.29, 0.717) is 30.9 Å². The third-order valence-electron chi connectivity index (χ3n) is 7.91. The van der Waals surface area contributed by atoms with Crippen LogP contribution >= 0.6 is 0 Å². The number of halogens is 2. The fourth-order valence-electron chi connectivity index (χ4n) is 5.29. The molecule has 1 aliphatic rings. The summed E-state index contributed by atoms with van der Waals surface area (Å²) in [5.41, 5.74) is 0.405. The molecule has 1 aliphatic heterocycles. The third kappa shape index (κ3) is 8.76. The fourth-order valence-corrected chi connectivity index (χ4v) is 5.29. The lowest BCUT2D eigenvalue weighted by Crippen LogP contribution is -2.51. The van der Waals surface area contributed by atoms with Gasteiger partial charge in [-0.05, 0) is 36.4 Å². The summed E-state index contributed by atoms with van der Waals surface area (Å²) >= 11 is 0. The highest BCUT2D eigenvalue weighted by atomic mass is 19.2. The minimum atomic E-state index is -1.39. The number of carbonyl (C=O) groups excluding carboxylic acids is 3. The number of nitrogens with zero attached hydrogens (tertiary/aromatic N) is 2. The zero-order valence-electron chi connectivity index (χ0n) is 26.9. The highest BCUT2D eigenvalue weighted by Crippen LogP contribution is 2.27. The molecule has 3 aromatic carbocycles. The molecule has 14 nitrogen and oxygen atoms in total. The maximum Gasteiger partial charge on any atom is 0.407 e. The molecule has 0 radical (unpaired) electrons. The van der Waals surface area contributed by atoms with Crippen LogP contribution in [0.5, 0.6) is 5.75 Å². The zero-order chi connectivity index (χ0) is 35.6. The summed E-state index contributed by atoms with van der Waals surface area (Å²) in [4.78, 5) is 52.4. The quantitative estimate of drug-likeness (QED) is 0.101. The molecule has 2 heterocycles. The van der Waals surface area contributed by atoms with E-state index in [4.69, 9.17) is 18.9 Å². The second-order valence-electron chi connectivity index (χ2n) is 11.2. The molecule has 50 heavy (non-hydrogen) atoms. The van der Waals surface area contributed by atoms with Crippen molar-refractivity contribution in [1.82, 2.24) is 25.7 Å². The SMILES string of the molecule is COCCOCCOCCOc1ccc(F)c(F)c1C(=O)c1ccc(C(=O)N[C@@H]2CN(C(=O)O)C[C@H]2NC(=O)c2ccc3cn[nH]c3c2)cc1. The maximum absolute atomic E-state index is 14.9. The van der Waals surface area contributed by atoms with Gasteiger partial charge in [-0.15, -0.1) is 0 Å². The van der Waals surface area contributed by atoms with Gasteiger partial charge in [0.25, 0.3) is 11.8 Å². The van der Waals surface area contributed by atoms with Gasteiger partial charge in [0.2, 0.25) is 0 Å². The number of H-pyrrole nitrogens is 1. The van der Waals surface area contributed by atoms with Crippen molar-refractivity contribution >= 4 is 34.6 Å². The summed E-state index contributed by atoms with van der Waals surface area (Å²) in [6, 6.07) is 10.6. The summed E-state index contributed by atoms with van der Waals surface area (Å²) in [7, 11) is 1.56. The Morgan fingerprint density at radius 2 is 1.44 bits per heavy atom. The molecule has 4 N–H and O–H groups in total. The van der Waals surface area contributed by atoms with E-state index in [1.54, 1.807) is 31.5 Å². The van der Waals surface area contributed by atoms with Crippen LogP contribution in [0.2, 0.25) is 0 Å². The Hall–Kier alpha value is -5.45. The Morgan fingerprint density at radius 3 is 2.10 bits per heavy atom. The molecule has 264 valence electrons. The van der Waals surface area contributed by atoms with Crippen molar-refractivity contribution in [3.05, 3.63) is 94.7 Å². The van der Waals surface area contributed by atoms with Crippen LogP contribution in [0.3, 0.4) is 0 Å². The second-order valence-corrected chi connectivity index (χ2v) is 11.2. The van der Waals surface area contributed by atoms with Crippen LogP contribution in [0.4, 0.5) is 13.6 Å². The van der Waals surface area contributed by atoms with Crippen molar-refractivity contribution in [3.8, 4) is 5.75 Å². The van der Waals surface area contributed by atoms with Crippen LogP contribution in [0, 0.1) is 11.6 Å². The van der Waals surface area contributed by atoms with Gasteiger partial charge in [-0.2, -0.15) is 5.10 Å². The number of nitrogens with one attached hydrogen (secondary N) is 3. The number of likely N-dealkylation sites (tertiary alicyclic amines) is 1. The number of aromatic amines is 1. The maximum atomic E-state index is 14.9. The monoisotopic (exact) mass is 695 g/mol. The average Bonchev–Trinajstić information content (AvgIpc) is 3.75. The topological polar surface area (TPSA) is 181 Å². The van der Waals surface area contributed by atoms with Gasteiger partial charge in [0.05, 0.1) is 56.8 Å². The van der Waals surface area contributed by atoms with Crippen LogP contribution < -0.4 is 15.4 Å². The molecule has 4 aromatic rings. The van der Waals surface area contributed by atoms with E-state index >= 15 is 0 Å². The number of methoxy groups -OCH3 is 1. The van der Waals surface area contributed by atoms with Crippen LogP contribution in [0.1, 0.15) is 36.6 Å². The average molecular weight is 696 g/mol. The molecule has 3 amide bonds. The largest absolute Gasteiger partial charge is 0.490 e. The van der Waals surface area contributed by atoms with Gasteiger partial charge >= 0.3 is 6.09 Å². The second kappa shape index (κ2) is 16.8. The predicted octanol–water partition coefficient (Wildman–Crippen LogP) is 3.02. The van der Waals surface area contributed by atoms with Crippen molar-refractivity contribution < 1.29 is 52.0 Å². The molecule has 0 unspecified atom stereocenters. The van der Waals surface area contributed by atoms with Crippen molar-refractivity contribution in [2.75, 3.05) is 59.8 Å². The highest BCUT2D eigenvalue weighted by Gasteiger charge is 2.37. The van der Waals surface area contributed by atoms with Gasteiger partial charge in [-0.1, -0.05) is 18.2 Å². The lowest BCUT2D eigenvalue weighted by Gasteiger charge is -2.21. The number of amides is 3. The number of carboxylic acid groups (broad SMARTS) is 1. The Labute approximate surface area is 284 Å². The first-order valence-corrected chi connectivity index (χ1v) is 15.6. The minimum absolute atomic E-state index is 0.0438. The van der Waals surface area contributed by atoms with Crippen molar-refractivity contribution in [2.24, 2.45) is 0 Å². The van der Waals surface area contributed by atoms with E-state index in [1.165, 1.54) is 24.3 Å². The lowest BCUT2D eigenvalue weighted by atomic mass is 10.00. The molecule has 1 saturated heterocycles. The first-order chi connectivity index (χ1) is 24.2. The molecule has 2 atom stereocenters. The zero-order valence-corrected chi connectivity index (χ0v) is 26.9. The Bertz CT molecular complexity index is 1840. The summed E-state index contributed by atoms with van der Waals surface area (Å²) in [6.45, 7) is 1.36. The van der Waals surface area contributed by atoms with E-state index < -0.39 is 53.0 Å². The molecular formula is C34H35F2N5O9. The molecule has 0 saturated carbocycles. The van der Waals surface area contributed by atoms with Crippen molar-refractivity contribution in [1.29, 1.82) is 0 Å². The van der Waals surface area contributed by atoms with E-state index in [9.17, 15) is 33.1 Å². The fraction of sp³-hybridized carbons (Fsp3) is 0.324. The molecule has 0 spiro atoms. The number of hydrogen-bond acceptors (Lipinski definition) is 9. The van der Waals surface area contributed by atoms with E-state index in [-0.39, 0.29) is 49.8 Å². The Morgan fingerprint density at radius 1 is 0.840 bits per heavy atom. The van der Waals surface area contributed by atoms with Gasteiger partial charge in [0.15, 0.2) is 17.4 Å². The van der Waals surface area contributed by atoms with Crippen LogP contribution in [-0.4, -0.2) is 116 Å². The Balaban J connectivity index is 1.21. The first kappa shape index (κ1) is 35.8. The number of ketones is 1. The van der Waals surface area contributed by atoms with Gasteiger partial charge in [0, 0.05) is 42.3 Å². The summed E-state index contributed by atoms with van der Waals surface area (Å²) in [5.74, 6) is -4.76. The van der Waals surface area contributed by atoms with Crippen molar-refractivity contribution in [3.63, 3.8) is 0 Å². The molecular weight excluding hydrogens is 660 g/mol.